The minimum absolute atomic E-state index is 0.112. The first-order valence-electron chi connectivity index (χ1n) is 6.49. The molecule has 0 amide bonds. The van der Waals surface area contributed by atoms with E-state index in [0.29, 0.717) is 12.5 Å². The molecule has 0 spiro atoms. The van der Waals surface area contributed by atoms with Gasteiger partial charge in [-0.2, -0.15) is 0 Å². The summed E-state index contributed by atoms with van der Waals surface area (Å²) in [7, 11) is 3.60. The fourth-order valence-corrected chi connectivity index (χ4v) is 2.34. The first kappa shape index (κ1) is 14.0. The second-order valence-corrected chi connectivity index (χ2v) is 4.97. The zero-order valence-corrected chi connectivity index (χ0v) is 11.6. The number of fused-ring (bicyclic) bond motifs is 1. The van der Waals surface area contributed by atoms with Gasteiger partial charge in [0.05, 0.1) is 6.04 Å². The molecule has 3 nitrogen and oxygen atoms in total. The number of rotatable bonds is 6. The zero-order chi connectivity index (χ0) is 13.8. The van der Waals surface area contributed by atoms with Crippen LogP contribution in [0, 0.1) is 11.7 Å². The summed E-state index contributed by atoms with van der Waals surface area (Å²) in [5.74, 6) is 1.02. The molecule has 19 heavy (non-hydrogen) atoms. The normalized spacial score (nSPS) is 14.7. The van der Waals surface area contributed by atoms with Crippen LogP contribution in [0.25, 0.3) is 11.0 Å². The summed E-state index contributed by atoms with van der Waals surface area (Å²) >= 11 is 0. The fraction of sp³-hybridized carbons (Fsp3) is 0.467. The van der Waals surface area contributed by atoms with Crippen molar-refractivity contribution in [3.63, 3.8) is 0 Å². The van der Waals surface area contributed by atoms with E-state index in [2.05, 4.69) is 12.2 Å². The summed E-state index contributed by atoms with van der Waals surface area (Å²) in [5.41, 5.74) is 0.719. The lowest BCUT2D eigenvalue weighted by atomic mass is 10.0. The molecular formula is C15H20FNO2. The largest absolute Gasteiger partial charge is 0.459 e. The van der Waals surface area contributed by atoms with Crippen LogP contribution in [0.15, 0.2) is 28.7 Å². The first-order chi connectivity index (χ1) is 9.13. The van der Waals surface area contributed by atoms with Gasteiger partial charge < -0.3 is 14.5 Å². The van der Waals surface area contributed by atoms with Crippen LogP contribution in [0.5, 0.6) is 0 Å². The van der Waals surface area contributed by atoms with Crippen molar-refractivity contribution in [2.24, 2.45) is 5.92 Å². The van der Waals surface area contributed by atoms with E-state index in [4.69, 9.17) is 9.15 Å². The summed E-state index contributed by atoms with van der Waals surface area (Å²) in [6, 6.07) is 6.59. The van der Waals surface area contributed by atoms with Gasteiger partial charge in [0.15, 0.2) is 0 Å². The second-order valence-electron chi connectivity index (χ2n) is 4.97. The maximum absolute atomic E-state index is 13.2. The van der Waals surface area contributed by atoms with E-state index in [1.807, 2.05) is 13.1 Å². The van der Waals surface area contributed by atoms with Gasteiger partial charge >= 0.3 is 0 Å². The van der Waals surface area contributed by atoms with E-state index < -0.39 is 0 Å². The van der Waals surface area contributed by atoms with Crippen molar-refractivity contribution < 1.29 is 13.5 Å². The summed E-state index contributed by atoms with van der Waals surface area (Å²) in [4.78, 5) is 0. The highest BCUT2D eigenvalue weighted by Gasteiger charge is 2.17. The van der Waals surface area contributed by atoms with Crippen molar-refractivity contribution in [3.05, 3.63) is 35.8 Å². The highest BCUT2D eigenvalue weighted by Crippen LogP contribution is 2.28. The van der Waals surface area contributed by atoms with Crippen LogP contribution in [0.2, 0.25) is 0 Å². The Morgan fingerprint density at radius 2 is 2.16 bits per heavy atom. The molecule has 0 saturated heterocycles. The molecule has 1 heterocycles. The molecule has 0 radical (unpaired) electrons. The number of hydrogen-bond acceptors (Lipinski definition) is 3. The van der Waals surface area contributed by atoms with Gasteiger partial charge in [0, 0.05) is 19.1 Å². The van der Waals surface area contributed by atoms with Gasteiger partial charge in [-0.05, 0) is 43.7 Å². The number of furan rings is 1. The third-order valence-electron chi connectivity index (χ3n) is 3.28. The third kappa shape index (κ3) is 3.33. The molecule has 104 valence electrons. The Morgan fingerprint density at radius 3 is 2.84 bits per heavy atom. The Bertz CT molecular complexity index is 538. The molecule has 2 rings (SSSR count). The van der Waals surface area contributed by atoms with Crippen LogP contribution in [0.1, 0.15) is 25.1 Å². The maximum Gasteiger partial charge on any atom is 0.134 e. The molecule has 0 aliphatic carbocycles. The quantitative estimate of drug-likeness (QED) is 0.868. The molecule has 2 unspecified atom stereocenters. The Balaban J connectivity index is 2.20. The number of ether oxygens (including phenoxy) is 1. The van der Waals surface area contributed by atoms with E-state index in [-0.39, 0.29) is 11.9 Å². The average Bonchev–Trinajstić information content (AvgIpc) is 2.78. The molecule has 0 aliphatic heterocycles. The highest BCUT2D eigenvalue weighted by atomic mass is 19.1. The van der Waals surface area contributed by atoms with Gasteiger partial charge in [0.2, 0.25) is 0 Å². The van der Waals surface area contributed by atoms with E-state index in [0.717, 1.165) is 23.2 Å². The van der Waals surface area contributed by atoms with E-state index >= 15 is 0 Å². The molecule has 0 fully saturated rings. The van der Waals surface area contributed by atoms with Gasteiger partial charge in [0.25, 0.3) is 0 Å². The van der Waals surface area contributed by atoms with Crippen LogP contribution in [0.4, 0.5) is 4.39 Å². The monoisotopic (exact) mass is 265 g/mol. The summed E-state index contributed by atoms with van der Waals surface area (Å²) in [6.45, 7) is 2.85. The van der Waals surface area contributed by atoms with Crippen LogP contribution >= 0.6 is 0 Å². The minimum atomic E-state index is -0.242. The molecule has 0 aliphatic rings. The van der Waals surface area contributed by atoms with Gasteiger partial charge in [-0.3, -0.25) is 0 Å². The van der Waals surface area contributed by atoms with Crippen molar-refractivity contribution in [2.75, 3.05) is 20.8 Å². The molecule has 2 aromatic rings. The molecule has 0 saturated carbocycles. The lowest BCUT2D eigenvalue weighted by Crippen LogP contribution is -2.20. The van der Waals surface area contributed by atoms with Gasteiger partial charge in [0.1, 0.15) is 17.2 Å². The number of methoxy groups -OCH3 is 1. The molecule has 4 heteroatoms. The number of nitrogens with one attached hydrogen (secondary N) is 1. The molecule has 0 bridgehead atoms. The SMILES string of the molecule is CNC(CC(C)COC)c1cc2cc(F)ccc2o1. The second kappa shape index (κ2) is 6.17. The van der Waals surface area contributed by atoms with Crippen LogP contribution < -0.4 is 5.32 Å². The number of benzene rings is 1. The fourth-order valence-electron chi connectivity index (χ4n) is 2.34. The highest BCUT2D eigenvalue weighted by molar-refractivity contribution is 5.78. The topological polar surface area (TPSA) is 34.4 Å². The lowest BCUT2D eigenvalue weighted by Gasteiger charge is -2.18. The van der Waals surface area contributed by atoms with Crippen LogP contribution in [-0.2, 0) is 4.74 Å². The number of hydrogen-bond donors (Lipinski definition) is 1. The number of halogens is 1. The maximum atomic E-state index is 13.2. The van der Waals surface area contributed by atoms with E-state index in [1.54, 1.807) is 13.2 Å². The summed E-state index contributed by atoms with van der Waals surface area (Å²) < 4.78 is 24.1. The van der Waals surface area contributed by atoms with Crippen LogP contribution in [-0.4, -0.2) is 20.8 Å². The first-order valence-corrected chi connectivity index (χ1v) is 6.49. The summed E-state index contributed by atoms with van der Waals surface area (Å²) in [6.07, 6.45) is 0.909. The van der Waals surface area contributed by atoms with Crippen LogP contribution in [0.3, 0.4) is 0 Å². The minimum Gasteiger partial charge on any atom is -0.459 e. The average molecular weight is 265 g/mol. The third-order valence-corrected chi connectivity index (χ3v) is 3.28. The summed E-state index contributed by atoms with van der Waals surface area (Å²) in [5, 5.41) is 4.04. The molecule has 1 aromatic heterocycles. The van der Waals surface area contributed by atoms with Crippen molar-refractivity contribution in [2.45, 2.75) is 19.4 Å². The Kier molecular flexibility index (Phi) is 4.56. The van der Waals surface area contributed by atoms with Crippen molar-refractivity contribution in [1.82, 2.24) is 5.32 Å². The molecular weight excluding hydrogens is 245 g/mol. The van der Waals surface area contributed by atoms with Crippen molar-refractivity contribution in [1.29, 1.82) is 0 Å². The molecule has 1 N–H and O–H groups in total. The Labute approximate surface area is 112 Å². The van der Waals surface area contributed by atoms with Gasteiger partial charge in [-0.15, -0.1) is 0 Å². The van der Waals surface area contributed by atoms with Crippen molar-refractivity contribution in [3.8, 4) is 0 Å². The van der Waals surface area contributed by atoms with E-state index in [1.165, 1.54) is 12.1 Å². The zero-order valence-electron chi connectivity index (χ0n) is 11.6. The predicted octanol–water partition coefficient (Wildman–Crippen LogP) is 3.51. The van der Waals surface area contributed by atoms with E-state index in [9.17, 15) is 4.39 Å². The Morgan fingerprint density at radius 1 is 1.37 bits per heavy atom. The molecule has 1 aromatic carbocycles. The standard InChI is InChI=1S/C15H20FNO2/c1-10(9-18-3)6-13(17-2)15-8-11-7-12(16)4-5-14(11)19-15/h4-5,7-8,10,13,17H,6,9H2,1-3H3. The Hall–Kier alpha value is -1.39. The smallest absolute Gasteiger partial charge is 0.134 e. The lowest BCUT2D eigenvalue weighted by molar-refractivity contribution is 0.148. The van der Waals surface area contributed by atoms with Gasteiger partial charge in [-0.1, -0.05) is 6.92 Å². The predicted molar refractivity (Wildman–Crippen MR) is 73.6 cm³/mol. The van der Waals surface area contributed by atoms with Gasteiger partial charge in [-0.25, -0.2) is 4.39 Å². The molecule has 2 atom stereocenters. The van der Waals surface area contributed by atoms with Crippen molar-refractivity contribution >= 4 is 11.0 Å².